The summed E-state index contributed by atoms with van der Waals surface area (Å²) in [6.45, 7) is 5.47. The SMILES string of the molecule is CC(C)NC(=O)[C@@H](C)N(Cc1cccc(Cl)c1)C(=O)COc1cccc(Cl)c1. The third-order valence-corrected chi connectivity index (χ3v) is 4.47. The summed E-state index contributed by atoms with van der Waals surface area (Å²) in [6, 6.07) is 13.3. The van der Waals surface area contributed by atoms with Crippen molar-refractivity contribution in [2.75, 3.05) is 6.61 Å². The molecule has 0 fully saturated rings. The summed E-state index contributed by atoms with van der Waals surface area (Å²) in [5, 5.41) is 3.93. The number of benzene rings is 2. The molecule has 0 saturated carbocycles. The minimum absolute atomic E-state index is 0.0271. The zero-order valence-corrected chi connectivity index (χ0v) is 17.6. The van der Waals surface area contributed by atoms with Gasteiger partial charge in [-0.25, -0.2) is 0 Å². The summed E-state index contributed by atoms with van der Waals surface area (Å²) >= 11 is 12.0. The Bertz CT molecular complexity index is 827. The molecule has 0 aliphatic heterocycles. The molecule has 0 spiro atoms. The second kappa shape index (κ2) is 10.3. The maximum absolute atomic E-state index is 12.9. The number of hydrogen-bond acceptors (Lipinski definition) is 3. The predicted octanol–water partition coefficient (Wildman–Crippen LogP) is 4.31. The van der Waals surface area contributed by atoms with Crippen molar-refractivity contribution in [1.29, 1.82) is 0 Å². The lowest BCUT2D eigenvalue weighted by Crippen LogP contribution is -2.50. The number of carbonyl (C=O) groups excluding carboxylic acids is 2. The Morgan fingerprint density at radius 2 is 1.68 bits per heavy atom. The van der Waals surface area contributed by atoms with Crippen LogP contribution in [-0.4, -0.2) is 35.4 Å². The van der Waals surface area contributed by atoms with Gasteiger partial charge in [-0.3, -0.25) is 9.59 Å². The van der Waals surface area contributed by atoms with E-state index in [1.807, 2.05) is 26.0 Å². The molecule has 1 N–H and O–H groups in total. The number of amides is 2. The number of nitrogens with zero attached hydrogens (tertiary/aromatic N) is 1. The molecule has 28 heavy (non-hydrogen) atoms. The smallest absolute Gasteiger partial charge is 0.261 e. The molecule has 1 atom stereocenters. The molecule has 0 radical (unpaired) electrons. The topological polar surface area (TPSA) is 58.6 Å². The predicted molar refractivity (Wildman–Crippen MR) is 112 cm³/mol. The van der Waals surface area contributed by atoms with E-state index in [4.69, 9.17) is 27.9 Å². The molecule has 2 aromatic carbocycles. The Hall–Kier alpha value is -2.24. The van der Waals surface area contributed by atoms with Crippen LogP contribution in [0.2, 0.25) is 10.0 Å². The Labute approximate surface area is 175 Å². The van der Waals surface area contributed by atoms with Crippen LogP contribution in [0.15, 0.2) is 48.5 Å². The minimum Gasteiger partial charge on any atom is -0.484 e. The van der Waals surface area contributed by atoms with E-state index < -0.39 is 6.04 Å². The molecule has 7 heteroatoms. The van der Waals surface area contributed by atoms with Crippen LogP contribution >= 0.6 is 23.2 Å². The maximum atomic E-state index is 12.9. The van der Waals surface area contributed by atoms with Gasteiger partial charge in [-0.1, -0.05) is 41.4 Å². The van der Waals surface area contributed by atoms with E-state index in [0.29, 0.717) is 15.8 Å². The minimum atomic E-state index is -0.670. The number of carbonyl (C=O) groups is 2. The molecule has 2 rings (SSSR count). The van der Waals surface area contributed by atoms with E-state index in [-0.39, 0.29) is 31.0 Å². The highest BCUT2D eigenvalue weighted by atomic mass is 35.5. The lowest BCUT2D eigenvalue weighted by molar-refractivity contribution is -0.142. The van der Waals surface area contributed by atoms with Gasteiger partial charge in [0.25, 0.3) is 5.91 Å². The van der Waals surface area contributed by atoms with E-state index in [1.54, 1.807) is 43.3 Å². The van der Waals surface area contributed by atoms with Crippen molar-refractivity contribution in [2.24, 2.45) is 0 Å². The number of hydrogen-bond donors (Lipinski definition) is 1. The van der Waals surface area contributed by atoms with Gasteiger partial charge in [0.2, 0.25) is 5.91 Å². The first-order valence-electron chi connectivity index (χ1n) is 8.99. The first-order chi connectivity index (χ1) is 13.3. The fraction of sp³-hybridized carbons (Fsp3) is 0.333. The summed E-state index contributed by atoms with van der Waals surface area (Å²) in [4.78, 5) is 26.8. The highest BCUT2D eigenvalue weighted by Gasteiger charge is 2.27. The van der Waals surface area contributed by atoms with Crippen LogP contribution in [0.4, 0.5) is 0 Å². The van der Waals surface area contributed by atoms with Crippen molar-refractivity contribution < 1.29 is 14.3 Å². The van der Waals surface area contributed by atoms with Gasteiger partial charge in [0.15, 0.2) is 6.61 Å². The molecule has 0 aromatic heterocycles. The molecule has 0 aliphatic rings. The average Bonchev–Trinajstić information content (AvgIpc) is 2.63. The first kappa shape index (κ1) is 22.1. The standard InChI is InChI=1S/C21H24Cl2N2O3/c1-14(2)24-21(27)15(3)25(12-16-6-4-7-17(22)10-16)20(26)13-28-19-9-5-8-18(23)11-19/h4-11,14-15H,12-13H2,1-3H3,(H,24,27)/t15-/m1/s1. The van der Waals surface area contributed by atoms with Crippen LogP contribution in [0.25, 0.3) is 0 Å². The van der Waals surface area contributed by atoms with Gasteiger partial charge in [-0.05, 0) is 56.7 Å². The van der Waals surface area contributed by atoms with Crippen LogP contribution in [0, 0.1) is 0 Å². The monoisotopic (exact) mass is 422 g/mol. The zero-order chi connectivity index (χ0) is 20.7. The van der Waals surface area contributed by atoms with Gasteiger partial charge < -0.3 is 15.0 Å². The Morgan fingerprint density at radius 1 is 1.04 bits per heavy atom. The van der Waals surface area contributed by atoms with Crippen LogP contribution in [0.3, 0.4) is 0 Å². The van der Waals surface area contributed by atoms with E-state index in [9.17, 15) is 9.59 Å². The molecule has 0 bridgehead atoms. The third-order valence-electron chi connectivity index (χ3n) is 4.00. The van der Waals surface area contributed by atoms with Gasteiger partial charge in [0.05, 0.1) is 0 Å². The quantitative estimate of drug-likeness (QED) is 0.688. The van der Waals surface area contributed by atoms with Crippen molar-refractivity contribution in [3.8, 4) is 5.75 Å². The van der Waals surface area contributed by atoms with Crippen molar-refractivity contribution in [3.63, 3.8) is 0 Å². The molecule has 150 valence electrons. The Morgan fingerprint density at radius 3 is 2.29 bits per heavy atom. The Kier molecular flexibility index (Phi) is 8.15. The summed E-state index contributed by atoms with van der Waals surface area (Å²) in [6.07, 6.45) is 0. The molecule has 0 heterocycles. The van der Waals surface area contributed by atoms with E-state index in [2.05, 4.69) is 5.32 Å². The number of rotatable bonds is 8. The zero-order valence-electron chi connectivity index (χ0n) is 16.1. The van der Waals surface area contributed by atoms with Crippen LogP contribution < -0.4 is 10.1 Å². The summed E-state index contributed by atoms with van der Waals surface area (Å²) in [5.74, 6) is -0.0534. The van der Waals surface area contributed by atoms with Crippen molar-refractivity contribution >= 4 is 35.0 Å². The van der Waals surface area contributed by atoms with Crippen molar-refractivity contribution in [3.05, 3.63) is 64.1 Å². The van der Waals surface area contributed by atoms with Gasteiger partial charge in [-0.15, -0.1) is 0 Å². The summed E-state index contributed by atoms with van der Waals surface area (Å²) < 4.78 is 5.57. The van der Waals surface area contributed by atoms with Gasteiger partial charge in [-0.2, -0.15) is 0 Å². The van der Waals surface area contributed by atoms with Crippen LogP contribution in [-0.2, 0) is 16.1 Å². The summed E-state index contributed by atoms with van der Waals surface area (Å²) in [7, 11) is 0. The number of ether oxygens (including phenoxy) is 1. The third kappa shape index (κ3) is 6.73. The maximum Gasteiger partial charge on any atom is 0.261 e. The average molecular weight is 423 g/mol. The highest BCUT2D eigenvalue weighted by Crippen LogP contribution is 2.18. The largest absolute Gasteiger partial charge is 0.484 e. The fourth-order valence-electron chi connectivity index (χ4n) is 2.60. The number of nitrogens with one attached hydrogen (secondary N) is 1. The van der Waals surface area contributed by atoms with Crippen molar-refractivity contribution in [2.45, 2.75) is 39.4 Å². The van der Waals surface area contributed by atoms with Crippen LogP contribution in [0.5, 0.6) is 5.75 Å². The lowest BCUT2D eigenvalue weighted by Gasteiger charge is -2.29. The molecule has 0 saturated heterocycles. The van der Waals surface area contributed by atoms with Crippen LogP contribution in [0.1, 0.15) is 26.3 Å². The second-order valence-corrected chi connectivity index (χ2v) is 7.61. The highest BCUT2D eigenvalue weighted by molar-refractivity contribution is 6.30. The van der Waals surface area contributed by atoms with Crippen molar-refractivity contribution in [1.82, 2.24) is 10.2 Å². The molecule has 0 unspecified atom stereocenters. The van der Waals surface area contributed by atoms with E-state index in [0.717, 1.165) is 5.56 Å². The summed E-state index contributed by atoms with van der Waals surface area (Å²) in [5.41, 5.74) is 0.827. The normalized spacial score (nSPS) is 11.8. The second-order valence-electron chi connectivity index (χ2n) is 6.74. The number of halogens is 2. The van der Waals surface area contributed by atoms with E-state index >= 15 is 0 Å². The van der Waals surface area contributed by atoms with Gasteiger partial charge >= 0.3 is 0 Å². The first-order valence-corrected chi connectivity index (χ1v) is 9.74. The molecule has 2 amide bonds. The van der Waals surface area contributed by atoms with E-state index in [1.165, 1.54) is 4.90 Å². The Balaban J connectivity index is 2.15. The van der Waals surface area contributed by atoms with Gasteiger partial charge in [0, 0.05) is 22.6 Å². The lowest BCUT2D eigenvalue weighted by atomic mass is 10.1. The molecular weight excluding hydrogens is 399 g/mol. The molecule has 2 aromatic rings. The molecule has 5 nitrogen and oxygen atoms in total. The molecular formula is C21H24Cl2N2O3. The van der Waals surface area contributed by atoms with Gasteiger partial charge in [0.1, 0.15) is 11.8 Å². The molecule has 0 aliphatic carbocycles. The fourth-order valence-corrected chi connectivity index (χ4v) is 3.00.